The maximum Gasteiger partial charge on any atom is 0.134 e. The second-order valence-electron chi connectivity index (χ2n) is 3.18. The molecule has 1 aromatic heterocycles. The Hall–Kier alpha value is -1.70. The number of hydrogen-bond donors (Lipinski definition) is 0. The van der Waals surface area contributed by atoms with Gasteiger partial charge in [0, 0.05) is 5.39 Å². The monoisotopic (exact) mass is 188 g/mol. The molecule has 2 heteroatoms. The molecule has 2 rings (SSSR count). The van der Waals surface area contributed by atoms with E-state index in [2.05, 4.69) is 6.58 Å². The van der Waals surface area contributed by atoms with Gasteiger partial charge in [0.25, 0.3) is 0 Å². The first-order valence-corrected chi connectivity index (χ1v) is 4.53. The van der Waals surface area contributed by atoms with E-state index in [1.807, 2.05) is 25.1 Å². The lowest BCUT2D eigenvalue weighted by molar-refractivity contribution is 0.363. The highest BCUT2D eigenvalue weighted by atomic mass is 16.5. The zero-order valence-corrected chi connectivity index (χ0v) is 8.12. The smallest absolute Gasteiger partial charge is 0.134 e. The summed E-state index contributed by atoms with van der Waals surface area (Å²) in [4.78, 5) is 0. The van der Waals surface area contributed by atoms with Crippen molar-refractivity contribution >= 4 is 11.0 Å². The van der Waals surface area contributed by atoms with Crippen molar-refractivity contribution in [3.05, 3.63) is 42.7 Å². The second-order valence-corrected chi connectivity index (χ2v) is 3.18. The van der Waals surface area contributed by atoms with Crippen LogP contribution < -0.4 is 4.74 Å². The largest absolute Gasteiger partial charge is 0.490 e. The summed E-state index contributed by atoms with van der Waals surface area (Å²) in [6, 6.07) is 5.80. The maximum absolute atomic E-state index is 5.43. The van der Waals surface area contributed by atoms with Crippen LogP contribution in [0.5, 0.6) is 5.75 Å². The van der Waals surface area contributed by atoms with Gasteiger partial charge in [-0.25, -0.2) is 0 Å². The van der Waals surface area contributed by atoms with Crippen molar-refractivity contribution in [2.45, 2.75) is 6.92 Å². The predicted octanol–water partition coefficient (Wildman–Crippen LogP) is 3.31. The molecular weight excluding hydrogens is 176 g/mol. The Labute approximate surface area is 82.8 Å². The summed E-state index contributed by atoms with van der Waals surface area (Å²) in [6.07, 6.45) is 3.48. The van der Waals surface area contributed by atoms with Crippen LogP contribution in [0.3, 0.4) is 0 Å². The maximum atomic E-state index is 5.43. The third-order valence-corrected chi connectivity index (χ3v) is 2.11. The summed E-state index contributed by atoms with van der Waals surface area (Å²) in [7, 11) is 0. The molecule has 0 radical (unpaired) electrons. The van der Waals surface area contributed by atoms with Gasteiger partial charge >= 0.3 is 0 Å². The van der Waals surface area contributed by atoms with Gasteiger partial charge in [0.1, 0.15) is 17.9 Å². The van der Waals surface area contributed by atoms with Crippen LogP contribution in [0, 0.1) is 6.92 Å². The van der Waals surface area contributed by atoms with Gasteiger partial charge in [0.05, 0.1) is 6.26 Å². The summed E-state index contributed by atoms with van der Waals surface area (Å²) >= 11 is 0. The number of rotatable bonds is 3. The van der Waals surface area contributed by atoms with E-state index in [1.54, 1.807) is 12.3 Å². The van der Waals surface area contributed by atoms with E-state index >= 15 is 0 Å². The minimum Gasteiger partial charge on any atom is -0.490 e. The zero-order chi connectivity index (χ0) is 9.97. The fourth-order valence-electron chi connectivity index (χ4n) is 1.38. The molecule has 0 saturated carbocycles. The Balaban J connectivity index is 2.39. The molecule has 0 fully saturated rings. The number of furan rings is 1. The third-order valence-electron chi connectivity index (χ3n) is 2.11. The lowest BCUT2D eigenvalue weighted by Crippen LogP contribution is -1.91. The summed E-state index contributed by atoms with van der Waals surface area (Å²) in [5.41, 5.74) is 2.03. The van der Waals surface area contributed by atoms with Crippen molar-refractivity contribution in [1.82, 2.24) is 0 Å². The van der Waals surface area contributed by atoms with Crippen LogP contribution in [-0.2, 0) is 0 Å². The molecule has 0 aliphatic heterocycles. The molecule has 14 heavy (non-hydrogen) atoms. The van der Waals surface area contributed by atoms with Crippen LogP contribution in [0.2, 0.25) is 0 Å². The third kappa shape index (κ3) is 1.51. The van der Waals surface area contributed by atoms with E-state index in [-0.39, 0.29) is 0 Å². The van der Waals surface area contributed by atoms with Crippen molar-refractivity contribution in [3.8, 4) is 5.75 Å². The van der Waals surface area contributed by atoms with Crippen LogP contribution in [0.25, 0.3) is 11.0 Å². The van der Waals surface area contributed by atoms with Gasteiger partial charge in [-0.1, -0.05) is 12.7 Å². The fraction of sp³-hybridized carbons (Fsp3) is 0.167. The van der Waals surface area contributed by atoms with Crippen LogP contribution in [0.15, 0.2) is 41.5 Å². The van der Waals surface area contributed by atoms with E-state index in [9.17, 15) is 0 Å². The molecule has 2 aromatic rings. The highest BCUT2D eigenvalue weighted by Gasteiger charge is 2.02. The SMILES string of the molecule is C=CCOc1ccc2occ(C)c2c1. The van der Waals surface area contributed by atoms with Crippen molar-refractivity contribution in [2.24, 2.45) is 0 Å². The van der Waals surface area contributed by atoms with Gasteiger partial charge in [-0.3, -0.25) is 0 Å². The summed E-state index contributed by atoms with van der Waals surface area (Å²) in [5, 5.41) is 1.10. The quantitative estimate of drug-likeness (QED) is 0.689. The van der Waals surface area contributed by atoms with E-state index in [0.29, 0.717) is 6.61 Å². The van der Waals surface area contributed by atoms with Gasteiger partial charge in [0.2, 0.25) is 0 Å². The van der Waals surface area contributed by atoms with Crippen LogP contribution in [0.4, 0.5) is 0 Å². The molecule has 0 atom stereocenters. The number of benzene rings is 1. The molecule has 1 aromatic carbocycles. The first-order chi connectivity index (χ1) is 6.81. The normalized spacial score (nSPS) is 10.4. The molecule has 72 valence electrons. The van der Waals surface area contributed by atoms with Crippen LogP contribution >= 0.6 is 0 Å². The first kappa shape index (κ1) is 8.88. The molecule has 0 N–H and O–H groups in total. The lowest BCUT2D eigenvalue weighted by atomic mass is 10.2. The van der Waals surface area contributed by atoms with Gasteiger partial charge in [-0.15, -0.1) is 0 Å². The zero-order valence-electron chi connectivity index (χ0n) is 8.12. The molecule has 2 nitrogen and oxygen atoms in total. The number of ether oxygens (including phenoxy) is 1. The summed E-state index contributed by atoms with van der Waals surface area (Å²) < 4.78 is 10.8. The first-order valence-electron chi connectivity index (χ1n) is 4.53. The highest BCUT2D eigenvalue weighted by molar-refractivity contribution is 5.82. The van der Waals surface area contributed by atoms with Crippen molar-refractivity contribution in [1.29, 1.82) is 0 Å². The van der Waals surface area contributed by atoms with Crippen LogP contribution in [0.1, 0.15) is 5.56 Å². The van der Waals surface area contributed by atoms with E-state index in [0.717, 1.165) is 22.3 Å². The van der Waals surface area contributed by atoms with Crippen molar-refractivity contribution < 1.29 is 9.15 Å². The lowest BCUT2D eigenvalue weighted by Gasteiger charge is -2.02. The van der Waals surface area contributed by atoms with Gasteiger partial charge in [0.15, 0.2) is 0 Å². The molecule has 0 amide bonds. The Morgan fingerprint density at radius 3 is 3.14 bits per heavy atom. The Morgan fingerprint density at radius 1 is 1.50 bits per heavy atom. The Kier molecular flexibility index (Phi) is 2.27. The molecule has 0 bridgehead atoms. The Bertz CT molecular complexity index is 454. The van der Waals surface area contributed by atoms with Gasteiger partial charge in [-0.2, -0.15) is 0 Å². The number of hydrogen-bond acceptors (Lipinski definition) is 2. The standard InChI is InChI=1S/C12H12O2/c1-3-6-13-10-4-5-12-11(7-10)9(2)8-14-12/h3-5,7-8H,1,6H2,2H3. The van der Waals surface area contributed by atoms with Crippen molar-refractivity contribution in [3.63, 3.8) is 0 Å². The number of aryl methyl sites for hydroxylation is 1. The summed E-state index contributed by atoms with van der Waals surface area (Å²) in [6.45, 7) is 6.15. The van der Waals surface area contributed by atoms with Gasteiger partial charge < -0.3 is 9.15 Å². The Morgan fingerprint density at radius 2 is 2.36 bits per heavy atom. The average molecular weight is 188 g/mol. The van der Waals surface area contributed by atoms with E-state index in [1.165, 1.54) is 0 Å². The van der Waals surface area contributed by atoms with Gasteiger partial charge in [-0.05, 0) is 30.7 Å². The van der Waals surface area contributed by atoms with E-state index in [4.69, 9.17) is 9.15 Å². The summed E-state index contributed by atoms with van der Waals surface area (Å²) in [5.74, 6) is 0.849. The molecule has 0 unspecified atom stereocenters. The minimum absolute atomic E-state index is 0.530. The second kappa shape index (κ2) is 3.58. The predicted molar refractivity (Wildman–Crippen MR) is 56.6 cm³/mol. The minimum atomic E-state index is 0.530. The molecule has 0 saturated heterocycles. The molecule has 0 aliphatic rings. The fourth-order valence-corrected chi connectivity index (χ4v) is 1.38. The number of fused-ring (bicyclic) bond motifs is 1. The molecule has 0 aliphatic carbocycles. The van der Waals surface area contributed by atoms with E-state index < -0.39 is 0 Å². The topological polar surface area (TPSA) is 22.4 Å². The highest BCUT2D eigenvalue weighted by Crippen LogP contribution is 2.25. The molecule has 0 spiro atoms. The van der Waals surface area contributed by atoms with Crippen LogP contribution in [-0.4, -0.2) is 6.61 Å². The molecular formula is C12H12O2. The molecule has 1 heterocycles. The average Bonchev–Trinajstić information content (AvgIpc) is 2.57. The van der Waals surface area contributed by atoms with Crippen molar-refractivity contribution in [2.75, 3.05) is 6.61 Å².